The van der Waals surface area contributed by atoms with Crippen LogP contribution in [0.1, 0.15) is 20.8 Å². The van der Waals surface area contributed by atoms with Gasteiger partial charge in [-0.1, -0.05) is 41.9 Å². The van der Waals surface area contributed by atoms with Gasteiger partial charge in [0.1, 0.15) is 0 Å². The Labute approximate surface area is 75.7 Å². The Morgan fingerprint density at radius 1 is 1.50 bits per heavy atom. The summed E-state index contributed by atoms with van der Waals surface area (Å²) in [7, 11) is 0. The number of allylic oxidation sites excluding steroid dienone is 5. The first-order valence-electron chi connectivity index (χ1n) is 4.04. The van der Waals surface area contributed by atoms with E-state index >= 15 is 0 Å². The third-order valence-electron chi connectivity index (χ3n) is 1.67. The SMILES string of the molecule is C#CC(C(=C)C)/C(C)=C\C=C/C. The number of terminal acetylenes is 1. The van der Waals surface area contributed by atoms with Gasteiger partial charge in [-0.25, -0.2) is 0 Å². The van der Waals surface area contributed by atoms with Gasteiger partial charge < -0.3 is 0 Å². The van der Waals surface area contributed by atoms with Crippen LogP contribution >= 0.6 is 0 Å². The molecule has 0 saturated heterocycles. The monoisotopic (exact) mass is 160 g/mol. The van der Waals surface area contributed by atoms with Gasteiger partial charge in [-0.15, -0.1) is 6.42 Å². The summed E-state index contributed by atoms with van der Waals surface area (Å²) in [4.78, 5) is 0. The fraction of sp³-hybridized carbons (Fsp3) is 0.333. The summed E-state index contributed by atoms with van der Waals surface area (Å²) < 4.78 is 0. The van der Waals surface area contributed by atoms with Crippen LogP contribution in [0.5, 0.6) is 0 Å². The Bertz CT molecular complexity index is 246. The molecule has 0 saturated carbocycles. The predicted octanol–water partition coefficient (Wildman–Crippen LogP) is 3.33. The van der Waals surface area contributed by atoms with Gasteiger partial charge in [0.25, 0.3) is 0 Å². The lowest BCUT2D eigenvalue weighted by molar-refractivity contribution is 0.930. The Balaban J connectivity index is 4.55. The zero-order valence-electron chi connectivity index (χ0n) is 8.09. The first-order chi connectivity index (χ1) is 5.63. The first kappa shape index (κ1) is 10.8. The number of hydrogen-bond acceptors (Lipinski definition) is 0. The van der Waals surface area contributed by atoms with Gasteiger partial charge in [-0.2, -0.15) is 0 Å². The fourth-order valence-electron chi connectivity index (χ4n) is 1.01. The predicted molar refractivity (Wildman–Crippen MR) is 55.7 cm³/mol. The van der Waals surface area contributed by atoms with E-state index in [0.717, 1.165) is 5.57 Å². The van der Waals surface area contributed by atoms with Crippen molar-refractivity contribution in [3.63, 3.8) is 0 Å². The zero-order valence-corrected chi connectivity index (χ0v) is 8.09. The topological polar surface area (TPSA) is 0 Å². The standard InChI is InChI=1S/C12H16/c1-6-8-9-11(5)12(7-2)10(3)4/h2,6,8-9,12H,3H2,1,4-5H3/b8-6-,11-9-. The quantitative estimate of drug-likeness (QED) is 0.337. The molecule has 0 aliphatic heterocycles. The largest absolute Gasteiger partial charge is 0.119 e. The van der Waals surface area contributed by atoms with Gasteiger partial charge in [-0.3, -0.25) is 0 Å². The van der Waals surface area contributed by atoms with E-state index in [1.165, 1.54) is 5.57 Å². The number of rotatable bonds is 3. The van der Waals surface area contributed by atoms with Crippen LogP contribution in [0.2, 0.25) is 0 Å². The lowest BCUT2D eigenvalue weighted by atomic mass is 9.94. The van der Waals surface area contributed by atoms with Gasteiger partial charge in [0, 0.05) is 0 Å². The minimum atomic E-state index is 0.0844. The van der Waals surface area contributed by atoms with Gasteiger partial charge in [0.2, 0.25) is 0 Å². The maximum absolute atomic E-state index is 5.37. The van der Waals surface area contributed by atoms with Crippen LogP contribution in [-0.4, -0.2) is 0 Å². The molecule has 0 heterocycles. The van der Waals surface area contributed by atoms with Crippen LogP contribution in [0.4, 0.5) is 0 Å². The minimum absolute atomic E-state index is 0.0844. The molecule has 0 aromatic rings. The third-order valence-corrected chi connectivity index (χ3v) is 1.67. The van der Waals surface area contributed by atoms with E-state index in [-0.39, 0.29) is 5.92 Å². The molecule has 0 spiro atoms. The molecular formula is C12H16. The molecule has 0 radical (unpaired) electrons. The van der Waals surface area contributed by atoms with E-state index < -0.39 is 0 Å². The van der Waals surface area contributed by atoms with Crippen molar-refractivity contribution in [2.24, 2.45) is 5.92 Å². The zero-order chi connectivity index (χ0) is 9.56. The average Bonchev–Trinajstić information content (AvgIpc) is 2.01. The molecule has 0 aromatic heterocycles. The Morgan fingerprint density at radius 2 is 2.08 bits per heavy atom. The highest BCUT2D eigenvalue weighted by Gasteiger charge is 2.05. The molecule has 0 aliphatic carbocycles. The molecule has 12 heavy (non-hydrogen) atoms. The summed E-state index contributed by atoms with van der Waals surface area (Å²) in [5.74, 6) is 2.79. The molecular weight excluding hydrogens is 144 g/mol. The van der Waals surface area contributed by atoms with E-state index in [0.29, 0.717) is 0 Å². The molecule has 0 fully saturated rings. The van der Waals surface area contributed by atoms with E-state index in [2.05, 4.69) is 12.5 Å². The Morgan fingerprint density at radius 3 is 2.42 bits per heavy atom. The summed E-state index contributed by atoms with van der Waals surface area (Å²) >= 11 is 0. The van der Waals surface area contributed by atoms with Gasteiger partial charge in [0.15, 0.2) is 0 Å². The molecule has 0 aliphatic rings. The average molecular weight is 160 g/mol. The van der Waals surface area contributed by atoms with Crippen LogP contribution in [0.15, 0.2) is 36.0 Å². The second kappa shape index (κ2) is 5.43. The second-order valence-electron chi connectivity index (χ2n) is 2.88. The van der Waals surface area contributed by atoms with Crippen molar-refractivity contribution in [1.29, 1.82) is 0 Å². The highest BCUT2D eigenvalue weighted by molar-refractivity contribution is 5.28. The summed E-state index contributed by atoms with van der Waals surface area (Å²) in [5.41, 5.74) is 2.19. The van der Waals surface area contributed by atoms with Crippen LogP contribution in [0, 0.1) is 18.3 Å². The lowest BCUT2D eigenvalue weighted by Crippen LogP contribution is -1.98. The van der Waals surface area contributed by atoms with Crippen molar-refractivity contribution in [3.05, 3.63) is 36.0 Å². The maximum atomic E-state index is 5.37. The van der Waals surface area contributed by atoms with Gasteiger partial charge >= 0.3 is 0 Å². The van der Waals surface area contributed by atoms with Crippen LogP contribution < -0.4 is 0 Å². The van der Waals surface area contributed by atoms with Crippen molar-refractivity contribution in [1.82, 2.24) is 0 Å². The van der Waals surface area contributed by atoms with Crippen molar-refractivity contribution < 1.29 is 0 Å². The molecule has 1 atom stereocenters. The molecule has 0 amide bonds. The van der Waals surface area contributed by atoms with Crippen molar-refractivity contribution in [3.8, 4) is 12.3 Å². The highest BCUT2D eigenvalue weighted by atomic mass is 14.1. The Kier molecular flexibility index (Phi) is 4.88. The van der Waals surface area contributed by atoms with Crippen LogP contribution in [0.3, 0.4) is 0 Å². The van der Waals surface area contributed by atoms with Crippen LogP contribution in [0.25, 0.3) is 0 Å². The van der Waals surface area contributed by atoms with E-state index in [4.69, 9.17) is 6.42 Å². The Hall–Kier alpha value is -1.22. The van der Waals surface area contributed by atoms with Gasteiger partial charge in [-0.05, 0) is 20.8 Å². The summed E-state index contributed by atoms with van der Waals surface area (Å²) in [6.45, 7) is 9.81. The molecule has 0 aromatic carbocycles. The van der Waals surface area contributed by atoms with Gasteiger partial charge in [0.05, 0.1) is 5.92 Å². The van der Waals surface area contributed by atoms with Crippen LogP contribution in [-0.2, 0) is 0 Å². The first-order valence-corrected chi connectivity index (χ1v) is 4.04. The molecule has 0 nitrogen and oxygen atoms in total. The second-order valence-corrected chi connectivity index (χ2v) is 2.88. The number of hydrogen-bond donors (Lipinski definition) is 0. The molecule has 0 bridgehead atoms. The van der Waals surface area contributed by atoms with Crippen molar-refractivity contribution in [2.45, 2.75) is 20.8 Å². The maximum Gasteiger partial charge on any atom is 0.0614 e. The van der Waals surface area contributed by atoms with Crippen molar-refractivity contribution >= 4 is 0 Å². The van der Waals surface area contributed by atoms with E-state index in [1.807, 2.05) is 39.0 Å². The van der Waals surface area contributed by atoms with E-state index in [1.54, 1.807) is 0 Å². The molecule has 64 valence electrons. The lowest BCUT2D eigenvalue weighted by Gasteiger charge is -2.09. The third kappa shape index (κ3) is 3.25. The summed E-state index contributed by atoms with van der Waals surface area (Å²) in [6, 6.07) is 0. The molecule has 0 N–H and O–H groups in total. The minimum Gasteiger partial charge on any atom is -0.119 e. The molecule has 0 heteroatoms. The fourth-order valence-corrected chi connectivity index (χ4v) is 1.01. The highest BCUT2D eigenvalue weighted by Crippen LogP contribution is 2.17. The van der Waals surface area contributed by atoms with E-state index in [9.17, 15) is 0 Å². The summed E-state index contributed by atoms with van der Waals surface area (Å²) in [5, 5.41) is 0. The smallest absolute Gasteiger partial charge is 0.0614 e. The molecule has 0 rings (SSSR count). The normalized spacial score (nSPS) is 14.3. The molecule has 1 unspecified atom stereocenters. The van der Waals surface area contributed by atoms with Crippen molar-refractivity contribution in [2.75, 3.05) is 0 Å². The summed E-state index contributed by atoms with van der Waals surface area (Å²) in [6.07, 6.45) is 11.4.